The van der Waals surface area contributed by atoms with Crippen LogP contribution in [0.25, 0.3) is 10.9 Å². The van der Waals surface area contributed by atoms with E-state index in [0.717, 1.165) is 12.1 Å². The fraction of sp³-hybridized carbons (Fsp3) is 0.125. The number of hydrogen-bond donors (Lipinski definition) is 4. The van der Waals surface area contributed by atoms with Crippen molar-refractivity contribution in [3.8, 4) is 23.4 Å². The van der Waals surface area contributed by atoms with Crippen LogP contribution >= 0.6 is 0 Å². The number of nitrogen functional groups attached to an aromatic ring is 1. The molecule has 0 unspecified atom stereocenters. The molecule has 26 heavy (non-hydrogen) atoms. The van der Waals surface area contributed by atoms with Crippen LogP contribution in [0.5, 0.6) is 23.4 Å². The minimum Gasteiger partial charge on any atom is -0.493 e. The lowest BCUT2D eigenvalue weighted by molar-refractivity contribution is 0.120. The van der Waals surface area contributed by atoms with Crippen molar-refractivity contribution in [2.45, 2.75) is 6.92 Å². The van der Waals surface area contributed by atoms with Gasteiger partial charge in [0, 0.05) is 28.8 Å². The SMILES string of the molecule is COc1nc2ccc(N)cc2c(C)c1OC(=O)N(O)n1c(O)ccc1O. The van der Waals surface area contributed by atoms with E-state index in [0.29, 0.717) is 26.8 Å². The van der Waals surface area contributed by atoms with Gasteiger partial charge in [-0.25, -0.2) is 9.78 Å². The molecule has 136 valence electrons. The largest absolute Gasteiger partial charge is 0.493 e. The molecule has 0 aliphatic rings. The van der Waals surface area contributed by atoms with E-state index < -0.39 is 17.9 Å². The van der Waals surface area contributed by atoms with Crippen LogP contribution < -0.4 is 20.4 Å². The van der Waals surface area contributed by atoms with Crippen LogP contribution in [0.3, 0.4) is 0 Å². The summed E-state index contributed by atoms with van der Waals surface area (Å²) in [6.07, 6.45) is -1.31. The van der Waals surface area contributed by atoms with Crippen molar-refractivity contribution >= 4 is 22.7 Å². The Kier molecular flexibility index (Phi) is 4.18. The number of hydrogen-bond acceptors (Lipinski definition) is 8. The van der Waals surface area contributed by atoms with Crippen LogP contribution in [0.4, 0.5) is 10.5 Å². The van der Waals surface area contributed by atoms with Crippen LogP contribution in [0.2, 0.25) is 0 Å². The maximum atomic E-state index is 12.2. The average molecular weight is 360 g/mol. The number of hydroxylamine groups is 1. The van der Waals surface area contributed by atoms with Crippen molar-refractivity contribution in [2.24, 2.45) is 0 Å². The first-order valence-electron chi connectivity index (χ1n) is 7.38. The van der Waals surface area contributed by atoms with Gasteiger partial charge in [-0.1, -0.05) is 5.17 Å². The zero-order chi connectivity index (χ0) is 19.0. The van der Waals surface area contributed by atoms with Gasteiger partial charge in [-0.05, 0) is 25.1 Å². The number of carbonyl (C=O) groups excluding carboxylic acids is 1. The lowest BCUT2D eigenvalue weighted by Gasteiger charge is -2.19. The summed E-state index contributed by atoms with van der Waals surface area (Å²) in [7, 11) is 1.35. The molecule has 10 nitrogen and oxygen atoms in total. The van der Waals surface area contributed by atoms with E-state index in [9.17, 15) is 20.2 Å². The smallest absolute Gasteiger partial charge is 0.460 e. The van der Waals surface area contributed by atoms with Gasteiger partial charge in [-0.15, -0.1) is 0 Å². The van der Waals surface area contributed by atoms with Crippen molar-refractivity contribution in [3.63, 3.8) is 0 Å². The molecule has 1 amide bonds. The molecule has 0 aliphatic carbocycles. The quantitative estimate of drug-likeness (QED) is 0.315. The van der Waals surface area contributed by atoms with Gasteiger partial charge in [-0.3, -0.25) is 5.21 Å². The lowest BCUT2D eigenvalue weighted by Crippen LogP contribution is -2.39. The van der Waals surface area contributed by atoms with Crippen molar-refractivity contribution in [1.29, 1.82) is 0 Å². The zero-order valence-corrected chi connectivity index (χ0v) is 13.9. The van der Waals surface area contributed by atoms with Crippen LogP contribution in [0, 0.1) is 6.92 Å². The Morgan fingerprint density at radius 2 is 1.88 bits per heavy atom. The molecule has 0 bridgehead atoms. The Bertz CT molecular complexity index is 981. The highest BCUT2D eigenvalue weighted by Gasteiger charge is 2.25. The molecule has 5 N–H and O–H groups in total. The highest BCUT2D eigenvalue weighted by Crippen LogP contribution is 2.35. The number of aromatic nitrogens is 2. The molecule has 0 saturated carbocycles. The summed E-state index contributed by atoms with van der Waals surface area (Å²) in [5.74, 6) is -1.17. The van der Waals surface area contributed by atoms with Crippen molar-refractivity contribution in [3.05, 3.63) is 35.9 Å². The number of nitrogens with zero attached hydrogens (tertiary/aromatic N) is 3. The van der Waals surface area contributed by atoms with Crippen LogP contribution in [-0.2, 0) is 0 Å². The molecular formula is C16H16N4O6. The lowest BCUT2D eigenvalue weighted by atomic mass is 10.1. The van der Waals surface area contributed by atoms with E-state index in [-0.39, 0.29) is 16.8 Å². The molecule has 2 aromatic heterocycles. The van der Waals surface area contributed by atoms with Gasteiger partial charge in [0.1, 0.15) is 0 Å². The van der Waals surface area contributed by atoms with Crippen LogP contribution in [0.1, 0.15) is 5.56 Å². The van der Waals surface area contributed by atoms with Crippen molar-refractivity contribution in [1.82, 2.24) is 9.66 Å². The molecule has 0 atom stereocenters. The van der Waals surface area contributed by atoms with Gasteiger partial charge in [0.15, 0.2) is 5.75 Å². The third-order valence-corrected chi connectivity index (χ3v) is 3.73. The molecule has 0 fully saturated rings. The molecule has 0 spiro atoms. The molecule has 3 rings (SSSR count). The predicted octanol–water partition coefficient (Wildman–Crippen LogP) is 1.87. The molecule has 0 aliphatic heterocycles. The minimum atomic E-state index is -1.31. The predicted molar refractivity (Wildman–Crippen MR) is 91.2 cm³/mol. The van der Waals surface area contributed by atoms with Crippen molar-refractivity contribution in [2.75, 3.05) is 18.0 Å². The Labute approximate surface area is 147 Å². The molecular weight excluding hydrogens is 344 g/mol. The number of aromatic hydroxyl groups is 2. The first-order chi connectivity index (χ1) is 12.3. The summed E-state index contributed by atoms with van der Waals surface area (Å²) in [6.45, 7) is 1.67. The van der Waals surface area contributed by atoms with Gasteiger partial charge in [0.25, 0.3) is 5.88 Å². The van der Waals surface area contributed by atoms with Crippen LogP contribution in [-0.4, -0.2) is 38.3 Å². The topological polar surface area (TPSA) is 143 Å². The summed E-state index contributed by atoms with van der Waals surface area (Å²) >= 11 is 0. The number of rotatable bonds is 3. The third kappa shape index (κ3) is 2.78. The van der Waals surface area contributed by atoms with Crippen molar-refractivity contribution < 1.29 is 29.7 Å². The number of ether oxygens (including phenoxy) is 2. The number of pyridine rings is 1. The zero-order valence-electron chi connectivity index (χ0n) is 13.9. The second-order valence-corrected chi connectivity index (χ2v) is 5.37. The highest BCUT2D eigenvalue weighted by molar-refractivity contribution is 5.89. The number of amides is 1. The summed E-state index contributed by atoms with van der Waals surface area (Å²) in [6, 6.07) is 7.19. The first-order valence-corrected chi connectivity index (χ1v) is 7.38. The molecule has 2 heterocycles. The van der Waals surface area contributed by atoms with Gasteiger partial charge in [0.05, 0.1) is 12.6 Å². The Morgan fingerprint density at radius 3 is 2.50 bits per heavy atom. The summed E-state index contributed by atoms with van der Waals surface area (Å²) in [5, 5.41) is 29.6. The van der Waals surface area contributed by atoms with Gasteiger partial charge >= 0.3 is 6.09 Å². The number of methoxy groups -OCH3 is 1. The summed E-state index contributed by atoms with van der Waals surface area (Å²) in [4.78, 5) is 16.5. The molecule has 10 heteroatoms. The fourth-order valence-electron chi connectivity index (χ4n) is 2.46. The molecule has 0 radical (unpaired) electrons. The average Bonchev–Trinajstić information content (AvgIpc) is 2.95. The fourth-order valence-corrected chi connectivity index (χ4v) is 2.46. The maximum Gasteiger partial charge on any atom is 0.460 e. The molecule has 3 aromatic rings. The standard InChI is InChI=1S/C16H16N4O6/c1-8-10-7-9(17)3-4-11(10)18-15(25-2)14(8)26-16(23)20(24)19-12(21)5-6-13(19)22/h3-7,21-22,24H,17H2,1-2H3. The Balaban J connectivity index is 2.02. The van der Waals surface area contributed by atoms with Gasteiger partial charge in [0.2, 0.25) is 11.8 Å². The second-order valence-electron chi connectivity index (χ2n) is 5.37. The third-order valence-electron chi connectivity index (χ3n) is 3.73. The summed E-state index contributed by atoms with van der Waals surface area (Å²) < 4.78 is 10.8. The van der Waals surface area contributed by atoms with Gasteiger partial charge < -0.3 is 25.4 Å². The number of nitrogens with two attached hydrogens (primary N) is 1. The van der Waals surface area contributed by atoms with E-state index in [1.54, 1.807) is 25.1 Å². The van der Waals surface area contributed by atoms with Crippen LogP contribution in [0.15, 0.2) is 30.3 Å². The minimum absolute atomic E-state index is 0.0162. The first kappa shape index (κ1) is 17.2. The van der Waals surface area contributed by atoms with E-state index in [4.69, 9.17) is 15.2 Å². The summed E-state index contributed by atoms with van der Waals surface area (Å²) in [5.41, 5.74) is 7.36. The van der Waals surface area contributed by atoms with Gasteiger partial charge in [-0.2, -0.15) is 4.68 Å². The number of fused-ring (bicyclic) bond motifs is 1. The van der Waals surface area contributed by atoms with E-state index in [2.05, 4.69) is 4.98 Å². The number of aryl methyl sites for hydroxylation is 1. The van der Waals surface area contributed by atoms with E-state index >= 15 is 0 Å². The second kappa shape index (κ2) is 6.33. The number of carbonyl (C=O) groups is 1. The number of anilines is 1. The number of benzene rings is 1. The maximum absolute atomic E-state index is 12.2. The molecule has 1 aromatic carbocycles. The van der Waals surface area contributed by atoms with E-state index in [1.807, 2.05) is 0 Å². The highest BCUT2D eigenvalue weighted by atomic mass is 16.7. The monoisotopic (exact) mass is 360 g/mol. The van der Waals surface area contributed by atoms with E-state index in [1.165, 1.54) is 7.11 Å². The molecule has 0 saturated heterocycles. The normalized spacial score (nSPS) is 10.7. The Hall–Kier alpha value is -3.66. The Morgan fingerprint density at radius 1 is 1.23 bits per heavy atom.